The number of nitrogens with zero attached hydrogens (tertiary/aromatic N) is 3. The third-order valence-electron chi connectivity index (χ3n) is 5.45. The Morgan fingerprint density at radius 2 is 1.39 bits per heavy atom. The van der Waals surface area contributed by atoms with Crippen LogP contribution >= 0.6 is 0 Å². The molecule has 3 aromatic carbocycles. The van der Waals surface area contributed by atoms with Crippen LogP contribution in [0.25, 0.3) is 0 Å². The zero-order valence-electron chi connectivity index (χ0n) is 15.7. The SMILES string of the molecule is c1ccc(CN2CCC3=NO[C@@H](c4ccccc4)N3[C@@H]2c2ccccc2)cc1. The molecule has 0 bridgehead atoms. The van der Waals surface area contributed by atoms with Crippen molar-refractivity contribution in [2.24, 2.45) is 5.16 Å². The molecule has 2 atom stereocenters. The maximum Gasteiger partial charge on any atom is 0.228 e. The van der Waals surface area contributed by atoms with E-state index in [1.54, 1.807) is 0 Å². The van der Waals surface area contributed by atoms with Crippen LogP contribution in [0, 0.1) is 0 Å². The number of oxime groups is 1. The fraction of sp³-hybridized carbons (Fsp3) is 0.208. The second-order valence-corrected chi connectivity index (χ2v) is 7.27. The summed E-state index contributed by atoms with van der Waals surface area (Å²) in [7, 11) is 0. The first-order valence-electron chi connectivity index (χ1n) is 9.79. The number of rotatable bonds is 4. The standard InChI is InChI=1S/C24H23N3O/c1-4-10-19(11-5-1)18-26-17-16-22-25-28-24(21-14-8-3-9-15-21)27(22)23(26)20-12-6-2-7-13-20/h1-15,23-24H,16-18H2/t23-,24+/m1/s1. The lowest BCUT2D eigenvalue weighted by Crippen LogP contribution is -2.49. The number of hydrogen-bond acceptors (Lipinski definition) is 4. The van der Waals surface area contributed by atoms with E-state index >= 15 is 0 Å². The Kier molecular flexibility index (Phi) is 4.55. The summed E-state index contributed by atoms with van der Waals surface area (Å²) >= 11 is 0. The number of hydrogen-bond donors (Lipinski definition) is 0. The molecule has 140 valence electrons. The molecule has 3 aromatic rings. The van der Waals surface area contributed by atoms with Crippen molar-refractivity contribution in [1.29, 1.82) is 0 Å². The second-order valence-electron chi connectivity index (χ2n) is 7.27. The first-order valence-corrected chi connectivity index (χ1v) is 9.79. The van der Waals surface area contributed by atoms with Gasteiger partial charge in [0.1, 0.15) is 6.17 Å². The number of amidine groups is 1. The van der Waals surface area contributed by atoms with Gasteiger partial charge in [0.2, 0.25) is 6.23 Å². The van der Waals surface area contributed by atoms with E-state index in [0.29, 0.717) is 0 Å². The summed E-state index contributed by atoms with van der Waals surface area (Å²) in [4.78, 5) is 10.8. The summed E-state index contributed by atoms with van der Waals surface area (Å²) in [5, 5.41) is 4.45. The minimum Gasteiger partial charge on any atom is -0.364 e. The van der Waals surface area contributed by atoms with E-state index in [0.717, 1.165) is 30.9 Å². The van der Waals surface area contributed by atoms with Crippen LogP contribution in [0.1, 0.15) is 35.5 Å². The van der Waals surface area contributed by atoms with E-state index in [-0.39, 0.29) is 12.4 Å². The molecule has 1 fully saturated rings. The van der Waals surface area contributed by atoms with Gasteiger partial charge in [0.25, 0.3) is 0 Å². The first kappa shape index (κ1) is 17.0. The van der Waals surface area contributed by atoms with Crippen molar-refractivity contribution in [3.8, 4) is 0 Å². The Balaban J connectivity index is 1.53. The monoisotopic (exact) mass is 369 g/mol. The summed E-state index contributed by atoms with van der Waals surface area (Å²) in [6.45, 7) is 1.85. The highest BCUT2D eigenvalue weighted by Crippen LogP contribution is 2.41. The van der Waals surface area contributed by atoms with Crippen molar-refractivity contribution in [2.45, 2.75) is 25.4 Å². The van der Waals surface area contributed by atoms with Gasteiger partial charge in [-0.1, -0.05) is 96.2 Å². The van der Waals surface area contributed by atoms with E-state index in [2.05, 4.69) is 99.9 Å². The van der Waals surface area contributed by atoms with Gasteiger partial charge < -0.3 is 4.84 Å². The normalized spacial score (nSPS) is 21.7. The third kappa shape index (κ3) is 3.16. The predicted molar refractivity (Wildman–Crippen MR) is 110 cm³/mol. The van der Waals surface area contributed by atoms with Crippen LogP contribution in [0.3, 0.4) is 0 Å². The number of fused-ring (bicyclic) bond motifs is 1. The molecule has 0 saturated carbocycles. The maximum absolute atomic E-state index is 5.92. The maximum atomic E-state index is 5.92. The molecule has 0 spiro atoms. The van der Waals surface area contributed by atoms with Crippen LogP contribution in [0.15, 0.2) is 96.2 Å². The minimum atomic E-state index is -0.194. The van der Waals surface area contributed by atoms with E-state index in [4.69, 9.17) is 4.84 Å². The van der Waals surface area contributed by atoms with Gasteiger partial charge in [-0.05, 0) is 11.1 Å². The summed E-state index contributed by atoms with van der Waals surface area (Å²) in [5.41, 5.74) is 3.71. The van der Waals surface area contributed by atoms with E-state index < -0.39 is 0 Å². The fourth-order valence-corrected chi connectivity index (χ4v) is 4.15. The van der Waals surface area contributed by atoms with Gasteiger partial charge in [0.05, 0.1) is 0 Å². The van der Waals surface area contributed by atoms with Crippen molar-refractivity contribution in [1.82, 2.24) is 9.80 Å². The van der Waals surface area contributed by atoms with E-state index in [9.17, 15) is 0 Å². The molecule has 1 saturated heterocycles. The molecule has 0 radical (unpaired) electrons. The Bertz CT molecular complexity index is 943. The Morgan fingerprint density at radius 3 is 2.07 bits per heavy atom. The molecule has 0 amide bonds. The van der Waals surface area contributed by atoms with E-state index in [1.165, 1.54) is 11.1 Å². The molecule has 2 aliphatic rings. The molecule has 5 rings (SSSR count). The average Bonchev–Trinajstić information content (AvgIpc) is 3.20. The van der Waals surface area contributed by atoms with Crippen LogP contribution in [-0.4, -0.2) is 22.2 Å². The summed E-state index contributed by atoms with van der Waals surface area (Å²) < 4.78 is 0. The van der Waals surface area contributed by atoms with Crippen LogP contribution in [-0.2, 0) is 11.4 Å². The van der Waals surface area contributed by atoms with Gasteiger partial charge in [-0.15, -0.1) is 0 Å². The van der Waals surface area contributed by atoms with Crippen LogP contribution in [0.5, 0.6) is 0 Å². The number of benzene rings is 3. The smallest absolute Gasteiger partial charge is 0.228 e. The van der Waals surface area contributed by atoms with Crippen molar-refractivity contribution >= 4 is 5.84 Å². The van der Waals surface area contributed by atoms with Crippen molar-refractivity contribution in [2.75, 3.05) is 6.54 Å². The highest BCUT2D eigenvalue weighted by atomic mass is 16.7. The first-order chi connectivity index (χ1) is 13.9. The Hall–Kier alpha value is -3.11. The topological polar surface area (TPSA) is 28.1 Å². The predicted octanol–water partition coefficient (Wildman–Crippen LogP) is 4.94. The molecule has 0 N–H and O–H groups in total. The lowest BCUT2D eigenvalue weighted by atomic mass is 10.0. The molecule has 0 aliphatic carbocycles. The molecular weight excluding hydrogens is 346 g/mol. The van der Waals surface area contributed by atoms with Gasteiger partial charge in [0, 0.05) is 25.1 Å². The van der Waals surface area contributed by atoms with Crippen LogP contribution < -0.4 is 0 Å². The fourth-order valence-electron chi connectivity index (χ4n) is 4.15. The lowest BCUT2D eigenvalue weighted by Gasteiger charge is -2.44. The van der Waals surface area contributed by atoms with Gasteiger partial charge in [-0.2, -0.15) is 0 Å². The van der Waals surface area contributed by atoms with Crippen LogP contribution in [0.2, 0.25) is 0 Å². The summed E-state index contributed by atoms with van der Waals surface area (Å²) in [6.07, 6.45) is 0.779. The third-order valence-corrected chi connectivity index (χ3v) is 5.45. The van der Waals surface area contributed by atoms with E-state index in [1.807, 2.05) is 6.07 Å². The largest absolute Gasteiger partial charge is 0.364 e. The average molecular weight is 369 g/mol. The second kappa shape index (κ2) is 7.49. The molecule has 4 nitrogen and oxygen atoms in total. The molecule has 28 heavy (non-hydrogen) atoms. The molecule has 4 heteroatoms. The Labute approximate surface area is 165 Å². The molecule has 2 aliphatic heterocycles. The zero-order chi connectivity index (χ0) is 18.8. The highest BCUT2D eigenvalue weighted by molar-refractivity contribution is 5.84. The van der Waals surface area contributed by atoms with Crippen molar-refractivity contribution in [3.05, 3.63) is 108 Å². The lowest BCUT2D eigenvalue weighted by molar-refractivity contribution is -0.0559. The highest BCUT2D eigenvalue weighted by Gasteiger charge is 2.43. The summed E-state index contributed by atoms with van der Waals surface area (Å²) in [6, 6.07) is 31.7. The zero-order valence-corrected chi connectivity index (χ0v) is 15.7. The Morgan fingerprint density at radius 1 is 0.786 bits per heavy atom. The quantitative estimate of drug-likeness (QED) is 0.652. The molecule has 0 unspecified atom stereocenters. The van der Waals surface area contributed by atoms with Gasteiger partial charge in [-0.3, -0.25) is 9.80 Å². The van der Waals surface area contributed by atoms with Gasteiger partial charge >= 0.3 is 0 Å². The minimum absolute atomic E-state index is 0.0848. The van der Waals surface area contributed by atoms with Crippen LogP contribution in [0.4, 0.5) is 0 Å². The van der Waals surface area contributed by atoms with Crippen molar-refractivity contribution in [3.63, 3.8) is 0 Å². The van der Waals surface area contributed by atoms with Gasteiger partial charge in [-0.25, -0.2) is 0 Å². The van der Waals surface area contributed by atoms with Gasteiger partial charge in [0.15, 0.2) is 5.84 Å². The van der Waals surface area contributed by atoms with Crippen molar-refractivity contribution < 1.29 is 4.84 Å². The molecule has 2 heterocycles. The summed E-state index contributed by atoms with van der Waals surface area (Å²) in [5.74, 6) is 1.03. The molecule has 0 aromatic heterocycles. The molecular formula is C24H23N3O.